The van der Waals surface area contributed by atoms with Crippen molar-refractivity contribution in [3.8, 4) is 0 Å². The molecule has 72 valence electrons. The molecule has 0 aliphatic carbocycles. The summed E-state index contributed by atoms with van der Waals surface area (Å²) in [5, 5.41) is 2.72. The zero-order valence-corrected chi connectivity index (χ0v) is 7.58. The molecule has 1 rings (SSSR count). The molecule has 0 aromatic heterocycles. The number of rotatable bonds is 3. The molecular weight excluding hydrogens is 192 g/mol. The SMILES string of the molecule is NCNc1cccc(S(=O)(=O)O)c1. The van der Waals surface area contributed by atoms with Gasteiger partial charge in [0.1, 0.15) is 0 Å². The lowest BCUT2D eigenvalue weighted by molar-refractivity contribution is 0.483. The van der Waals surface area contributed by atoms with E-state index in [1.54, 1.807) is 6.07 Å². The van der Waals surface area contributed by atoms with Crippen molar-refractivity contribution in [3.05, 3.63) is 24.3 Å². The molecule has 0 amide bonds. The summed E-state index contributed by atoms with van der Waals surface area (Å²) < 4.78 is 30.1. The van der Waals surface area contributed by atoms with Gasteiger partial charge in [0, 0.05) is 5.69 Å². The van der Waals surface area contributed by atoms with Crippen molar-refractivity contribution in [2.24, 2.45) is 5.73 Å². The van der Waals surface area contributed by atoms with Crippen molar-refractivity contribution < 1.29 is 13.0 Å². The molecule has 0 spiro atoms. The second-order valence-electron chi connectivity index (χ2n) is 2.38. The van der Waals surface area contributed by atoms with E-state index >= 15 is 0 Å². The van der Waals surface area contributed by atoms with Crippen LogP contribution >= 0.6 is 0 Å². The quantitative estimate of drug-likeness (QED) is 0.483. The van der Waals surface area contributed by atoms with Gasteiger partial charge in [-0.3, -0.25) is 4.55 Å². The molecule has 5 nitrogen and oxygen atoms in total. The van der Waals surface area contributed by atoms with E-state index in [0.717, 1.165) is 0 Å². The minimum atomic E-state index is -4.12. The lowest BCUT2D eigenvalue weighted by Crippen LogP contribution is -2.11. The van der Waals surface area contributed by atoms with Gasteiger partial charge in [0.15, 0.2) is 0 Å². The maximum Gasteiger partial charge on any atom is 0.294 e. The van der Waals surface area contributed by atoms with Crippen LogP contribution in [0.15, 0.2) is 29.2 Å². The zero-order chi connectivity index (χ0) is 9.90. The molecule has 6 heteroatoms. The number of benzene rings is 1. The summed E-state index contributed by atoms with van der Waals surface area (Å²) in [7, 11) is -4.12. The van der Waals surface area contributed by atoms with Gasteiger partial charge in [-0.1, -0.05) is 6.07 Å². The van der Waals surface area contributed by atoms with Gasteiger partial charge in [-0.25, -0.2) is 0 Å². The fraction of sp³-hybridized carbons (Fsp3) is 0.143. The van der Waals surface area contributed by atoms with Crippen LogP contribution in [0.25, 0.3) is 0 Å². The van der Waals surface area contributed by atoms with Crippen LogP contribution in [0, 0.1) is 0 Å². The number of hydrogen-bond acceptors (Lipinski definition) is 4. The van der Waals surface area contributed by atoms with Gasteiger partial charge in [0.25, 0.3) is 10.1 Å². The second kappa shape index (κ2) is 3.73. The fourth-order valence-corrected chi connectivity index (χ4v) is 1.41. The van der Waals surface area contributed by atoms with E-state index in [4.69, 9.17) is 10.3 Å². The van der Waals surface area contributed by atoms with E-state index in [1.807, 2.05) is 0 Å². The highest BCUT2D eigenvalue weighted by Crippen LogP contribution is 2.14. The monoisotopic (exact) mass is 202 g/mol. The molecule has 0 aliphatic heterocycles. The molecule has 13 heavy (non-hydrogen) atoms. The standard InChI is InChI=1S/C7H10N2O3S/c8-5-9-6-2-1-3-7(4-6)13(10,11)12/h1-4,9H,5,8H2,(H,10,11,12). The fourth-order valence-electron chi connectivity index (χ4n) is 0.884. The van der Waals surface area contributed by atoms with Crippen LogP contribution in [-0.2, 0) is 10.1 Å². The predicted molar refractivity (Wildman–Crippen MR) is 48.9 cm³/mol. The van der Waals surface area contributed by atoms with Crippen molar-refractivity contribution in [1.29, 1.82) is 0 Å². The molecule has 0 bridgehead atoms. The van der Waals surface area contributed by atoms with E-state index in [2.05, 4.69) is 5.32 Å². The van der Waals surface area contributed by atoms with Crippen molar-refractivity contribution in [1.82, 2.24) is 0 Å². The molecule has 0 saturated carbocycles. The Labute approximate surface area is 76.3 Å². The largest absolute Gasteiger partial charge is 0.373 e. The Morgan fingerprint density at radius 2 is 2.15 bits per heavy atom. The zero-order valence-electron chi connectivity index (χ0n) is 6.77. The highest BCUT2D eigenvalue weighted by molar-refractivity contribution is 7.85. The molecule has 1 aromatic carbocycles. The lowest BCUT2D eigenvalue weighted by Gasteiger charge is -2.03. The van der Waals surface area contributed by atoms with E-state index in [0.29, 0.717) is 5.69 Å². The Balaban J connectivity index is 3.06. The van der Waals surface area contributed by atoms with Gasteiger partial charge in [0.05, 0.1) is 11.6 Å². The van der Waals surface area contributed by atoms with Gasteiger partial charge in [-0.2, -0.15) is 8.42 Å². The van der Waals surface area contributed by atoms with Gasteiger partial charge in [0.2, 0.25) is 0 Å². The number of anilines is 1. The van der Waals surface area contributed by atoms with Crippen molar-refractivity contribution >= 4 is 15.8 Å². The van der Waals surface area contributed by atoms with Crippen LogP contribution in [0.1, 0.15) is 0 Å². The van der Waals surface area contributed by atoms with E-state index < -0.39 is 10.1 Å². The molecular formula is C7H10N2O3S. The van der Waals surface area contributed by atoms with Gasteiger partial charge in [-0.05, 0) is 18.2 Å². The Morgan fingerprint density at radius 3 is 2.69 bits per heavy atom. The normalized spacial score (nSPS) is 11.2. The van der Waals surface area contributed by atoms with E-state index in [-0.39, 0.29) is 11.6 Å². The molecule has 0 radical (unpaired) electrons. The minimum Gasteiger partial charge on any atom is -0.373 e. The summed E-state index contributed by atoms with van der Waals surface area (Å²) in [6, 6.07) is 5.78. The number of nitrogens with two attached hydrogens (primary N) is 1. The summed E-state index contributed by atoms with van der Waals surface area (Å²) in [5.41, 5.74) is 5.75. The topological polar surface area (TPSA) is 92.4 Å². The average Bonchev–Trinajstić information content (AvgIpc) is 2.04. The second-order valence-corrected chi connectivity index (χ2v) is 3.81. The van der Waals surface area contributed by atoms with Gasteiger partial charge >= 0.3 is 0 Å². The van der Waals surface area contributed by atoms with Crippen molar-refractivity contribution in [3.63, 3.8) is 0 Å². The van der Waals surface area contributed by atoms with Crippen LogP contribution in [0.4, 0.5) is 5.69 Å². The van der Waals surface area contributed by atoms with E-state index in [9.17, 15) is 8.42 Å². The van der Waals surface area contributed by atoms with Crippen LogP contribution in [0.2, 0.25) is 0 Å². The maximum atomic E-state index is 10.7. The molecule has 0 fully saturated rings. The predicted octanol–water partition coefficient (Wildman–Crippen LogP) is 0.261. The first kappa shape index (κ1) is 9.97. The van der Waals surface area contributed by atoms with Crippen molar-refractivity contribution in [2.45, 2.75) is 4.90 Å². The highest BCUT2D eigenvalue weighted by Gasteiger charge is 2.08. The Morgan fingerprint density at radius 1 is 1.46 bits per heavy atom. The molecule has 0 saturated heterocycles. The van der Waals surface area contributed by atoms with Crippen molar-refractivity contribution in [2.75, 3.05) is 12.0 Å². The summed E-state index contributed by atoms with van der Waals surface area (Å²) in [5.74, 6) is 0. The number of nitrogens with one attached hydrogen (secondary N) is 1. The first-order chi connectivity index (χ1) is 6.04. The van der Waals surface area contributed by atoms with E-state index in [1.165, 1.54) is 18.2 Å². The third-order valence-electron chi connectivity index (χ3n) is 1.44. The third-order valence-corrected chi connectivity index (χ3v) is 2.29. The number of hydrogen-bond donors (Lipinski definition) is 3. The van der Waals surface area contributed by atoms with Crippen LogP contribution in [0.3, 0.4) is 0 Å². The van der Waals surface area contributed by atoms with Crippen LogP contribution in [0.5, 0.6) is 0 Å². The summed E-state index contributed by atoms with van der Waals surface area (Å²) in [4.78, 5) is -0.147. The highest BCUT2D eigenvalue weighted by atomic mass is 32.2. The molecule has 0 aliphatic rings. The maximum absolute atomic E-state index is 10.7. The lowest BCUT2D eigenvalue weighted by atomic mass is 10.3. The van der Waals surface area contributed by atoms with Gasteiger partial charge in [-0.15, -0.1) is 0 Å². The van der Waals surface area contributed by atoms with Crippen LogP contribution in [-0.4, -0.2) is 19.6 Å². The van der Waals surface area contributed by atoms with Crippen LogP contribution < -0.4 is 11.1 Å². The molecule has 1 aromatic rings. The first-order valence-corrected chi connectivity index (χ1v) is 4.99. The van der Waals surface area contributed by atoms with Gasteiger partial charge < -0.3 is 11.1 Å². The Bertz CT molecular complexity index is 388. The average molecular weight is 202 g/mol. The minimum absolute atomic E-state index is 0.147. The first-order valence-electron chi connectivity index (χ1n) is 3.55. The Kier molecular flexibility index (Phi) is 2.86. The summed E-state index contributed by atoms with van der Waals surface area (Å²) in [6.45, 7) is 0.203. The molecule has 0 heterocycles. The molecule has 0 atom stereocenters. The summed E-state index contributed by atoms with van der Waals surface area (Å²) in [6.07, 6.45) is 0. The third kappa shape index (κ3) is 2.69. The molecule has 4 N–H and O–H groups in total. The molecule has 0 unspecified atom stereocenters. The smallest absolute Gasteiger partial charge is 0.294 e. The Hall–Kier alpha value is -1.11. The summed E-state index contributed by atoms with van der Waals surface area (Å²) >= 11 is 0.